The van der Waals surface area contributed by atoms with Gasteiger partial charge in [0, 0.05) is 27.7 Å². The Bertz CT molecular complexity index is 506. The van der Waals surface area contributed by atoms with Crippen LogP contribution in [-0.2, 0) is 38.1 Å². The van der Waals surface area contributed by atoms with Crippen molar-refractivity contribution in [3.63, 3.8) is 0 Å². The number of aliphatic hydroxyl groups is 1. The first-order chi connectivity index (χ1) is 11.1. The number of aliphatic hydroxyl groups excluding tert-OH is 1. The van der Waals surface area contributed by atoms with Crippen molar-refractivity contribution in [2.75, 3.05) is 6.61 Å². The van der Waals surface area contributed by atoms with Gasteiger partial charge in [0.05, 0.1) is 5.25 Å². The average Bonchev–Trinajstić information content (AvgIpc) is 2.42. The molecule has 0 aromatic carbocycles. The molecule has 0 aromatic rings. The van der Waals surface area contributed by atoms with Crippen LogP contribution in [0.15, 0.2) is 0 Å². The summed E-state index contributed by atoms with van der Waals surface area (Å²) in [7, 11) is 0. The molecule has 0 radical (unpaired) electrons. The van der Waals surface area contributed by atoms with Gasteiger partial charge in [0.15, 0.2) is 18.3 Å². The summed E-state index contributed by atoms with van der Waals surface area (Å²) in [4.78, 5) is 45.0. The molecule has 10 heteroatoms. The van der Waals surface area contributed by atoms with Crippen molar-refractivity contribution in [1.29, 1.82) is 0 Å². The van der Waals surface area contributed by atoms with Crippen LogP contribution in [0.5, 0.6) is 0 Å². The van der Waals surface area contributed by atoms with Crippen molar-refractivity contribution in [1.82, 2.24) is 0 Å². The van der Waals surface area contributed by atoms with Crippen LogP contribution < -0.4 is 0 Å². The van der Waals surface area contributed by atoms with Gasteiger partial charge in [-0.25, -0.2) is 0 Å². The number of ether oxygens (including phenoxy) is 4. The van der Waals surface area contributed by atoms with Gasteiger partial charge in [0.25, 0.3) is 0 Å². The SMILES string of the molecule is CC(=O)OC[C@H]1S[C@H](O)[C@H](OC(C)=O)[C@@H](OC(C)=O)[C@@H]1OC(C)=O. The lowest BCUT2D eigenvalue weighted by molar-refractivity contribution is -0.191. The van der Waals surface area contributed by atoms with Crippen LogP contribution in [0, 0.1) is 0 Å². The van der Waals surface area contributed by atoms with Crippen molar-refractivity contribution in [3.05, 3.63) is 0 Å². The van der Waals surface area contributed by atoms with Gasteiger partial charge in [0.2, 0.25) is 0 Å². The van der Waals surface area contributed by atoms with Crippen LogP contribution >= 0.6 is 11.8 Å². The third-order valence-electron chi connectivity index (χ3n) is 2.97. The van der Waals surface area contributed by atoms with E-state index in [4.69, 9.17) is 18.9 Å². The summed E-state index contributed by atoms with van der Waals surface area (Å²) < 4.78 is 20.2. The van der Waals surface area contributed by atoms with Crippen LogP contribution in [0.1, 0.15) is 27.7 Å². The molecule has 1 aliphatic rings. The summed E-state index contributed by atoms with van der Waals surface area (Å²) in [5.41, 5.74) is -1.26. The van der Waals surface area contributed by atoms with E-state index in [1.54, 1.807) is 0 Å². The minimum atomic E-state index is -1.26. The van der Waals surface area contributed by atoms with Gasteiger partial charge >= 0.3 is 23.9 Å². The molecule has 0 unspecified atom stereocenters. The third-order valence-corrected chi connectivity index (χ3v) is 4.27. The molecule has 1 saturated heterocycles. The molecule has 0 aromatic heterocycles. The van der Waals surface area contributed by atoms with E-state index in [2.05, 4.69) is 0 Å². The van der Waals surface area contributed by atoms with E-state index in [1.807, 2.05) is 0 Å². The fourth-order valence-corrected chi connectivity index (χ4v) is 3.44. The minimum Gasteiger partial charge on any atom is -0.465 e. The summed E-state index contributed by atoms with van der Waals surface area (Å²) in [6.07, 6.45) is -3.52. The normalized spacial score (nSPS) is 29.3. The highest BCUT2D eigenvalue weighted by Crippen LogP contribution is 2.36. The smallest absolute Gasteiger partial charge is 0.303 e. The van der Waals surface area contributed by atoms with Crippen molar-refractivity contribution in [2.24, 2.45) is 0 Å². The van der Waals surface area contributed by atoms with Crippen molar-refractivity contribution in [2.45, 2.75) is 56.7 Å². The Labute approximate surface area is 142 Å². The number of hydrogen-bond acceptors (Lipinski definition) is 10. The van der Waals surface area contributed by atoms with Gasteiger partial charge < -0.3 is 24.1 Å². The highest BCUT2D eigenvalue weighted by atomic mass is 32.2. The molecule has 0 amide bonds. The largest absolute Gasteiger partial charge is 0.465 e. The average molecular weight is 364 g/mol. The third kappa shape index (κ3) is 6.00. The topological polar surface area (TPSA) is 125 Å². The number of rotatable bonds is 5. The zero-order valence-electron chi connectivity index (χ0n) is 13.7. The van der Waals surface area contributed by atoms with Gasteiger partial charge in [-0.2, -0.15) is 0 Å². The van der Waals surface area contributed by atoms with E-state index in [0.717, 1.165) is 32.5 Å². The summed E-state index contributed by atoms with van der Waals surface area (Å²) in [5.74, 6) is -2.63. The predicted molar refractivity (Wildman–Crippen MR) is 80.7 cm³/mol. The second-order valence-electron chi connectivity index (χ2n) is 5.09. The van der Waals surface area contributed by atoms with Crippen LogP contribution in [0.25, 0.3) is 0 Å². The van der Waals surface area contributed by atoms with Crippen LogP contribution in [0.4, 0.5) is 0 Å². The summed E-state index contributed by atoms with van der Waals surface area (Å²) in [5, 5.41) is 9.50. The van der Waals surface area contributed by atoms with Crippen molar-refractivity contribution >= 4 is 35.6 Å². The lowest BCUT2D eigenvalue weighted by atomic mass is 10.0. The maximum atomic E-state index is 11.4. The zero-order valence-corrected chi connectivity index (χ0v) is 14.5. The van der Waals surface area contributed by atoms with E-state index in [0.29, 0.717) is 0 Å². The second-order valence-corrected chi connectivity index (χ2v) is 6.45. The maximum absolute atomic E-state index is 11.4. The fourth-order valence-electron chi connectivity index (χ4n) is 2.21. The molecule has 1 heterocycles. The molecular weight excluding hydrogens is 344 g/mol. The molecule has 1 aliphatic heterocycles. The van der Waals surface area contributed by atoms with Gasteiger partial charge in [-0.15, -0.1) is 11.8 Å². The summed E-state index contributed by atoms with van der Waals surface area (Å²) >= 11 is 0.892. The number of thioether (sulfide) groups is 1. The molecule has 9 nitrogen and oxygen atoms in total. The fraction of sp³-hybridized carbons (Fsp3) is 0.714. The molecule has 0 spiro atoms. The van der Waals surface area contributed by atoms with Crippen LogP contribution in [0.3, 0.4) is 0 Å². The minimum absolute atomic E-state index is 0.181. The Morgan fingerprint density at radius 2 is 1.25 bits per heavy atom. The quantitative estimate of drug-likeness (QED) is 0.517. The summed E-state index contributed by atoms with van der Waals surface area (Å²) in [6.45, 7) is 4.44. The molecule has 1 N–H and O–H groups in total. The Morgan fingerprint density at radius 3 is 1.71 bits per heavy atom. The van der Waals surface area contributed by atoms with Crippen LogP contribution in [-0.4, -0.2) is 64.6 Å². The first kappa shape index (κ1) is 20.2. The standard InChI is InChI=1S/C14H20O9S/c1-6(15)20-5-10-11(21-7(2)16)12(22-8(3)17)13(14(19)24-10)23-9(4)18/h10-14,19H,5H2,1-4H3/t10-,11-,12+,13-,14+/m1/s1. The Morgan fingerprint density at radius 1 is 0.792 bits per heavy atom. The van der Waals surface area contributed by atoms with Gasteiger partial charge in [-0.05, 0) is 0 Å². The Hall–Kier alpha value is -1.81. The van der Waals surface area contributed by atoms with Crippen molar-refractivity contribution in [3.8, 4) is 0 Å². The van der Waals surface area contributed by atoms with Gasteiger partial charge in [-0.1, -0.05) is 0 Å². The van der Waals surface area contributed by atoms with E-state index in [9.17, 15) is 24.3 Å². The summed E-state index contributed by atoms with van der Waals surface area (Å²) in [6, 6.07) is 0. The molecule has 1 fully saturated rings. The first-order valence-corrected chi connectivity index (χ1v) is 8.04. The molecule has 1 rings (SSSR count). The highest BCUT2D eigenvalue weighted by molar-refractivity contribution is 8.00. The molecule has 5 atom stereocenters. The Balaban J connectivity index is 3.11. The molecule has 0 aliphatic carbocycles. The van der Waals surface area contributed by atoms with E-state index in [1.165, 1.54) is 6.92 Å². The molecule has 24 heavy (non-hydrogen) atoms. The number of carbonyl (C=O) groups excluding carboxylic acids is 4. The van der Waals surface area contributed by atoms with E-state index >= 15 is 0 Å². The lowest BCUT2D eigenvalue weighted by Crippen LogP contribution is -2.58. The monoisotopic (exact) mass is 364 g/mol. The zero-order chi connectivity index (χ0) is 18.4. The van der Waals surface area contributed by atoms with Gasteiger partial charge in [0.1, 0.15) is 12.0 Å². The molecule has 0 saturated carbocycles. The Kier molecular flexibility index (Phi) is 7.49. The highest BCUT2D eigenvalue weighted by Gasteiger charge is 2.51. The van der Waals surface area contributed by atoms with Gasteiger partial charge in [-0.3, -0.25) is 19.2 Å². The van der Waals surface area contributed by atoms with E-state index in [-0.39, 0.29) is 6.61 Å². The number of esters is 4. The number of hydrogen-bond donors (Lipinski definition) is 1. The molecular formula is C14H20O9S. The second kappa shape index (κ2) is 8.88. The maximum Gasteiger partial charge on any atom is 0.303 e. The first-order valence-electron chi connectivity index (χ1n) is 7.10. The predicted octanol–water partition coefficient (Wildman–Crippen LogP) is -0.222. The molecule has 136 valence electrons. The lowest BCUT2D eigenvalue weighted by Gasteiger charge is -2.42. The molecule has 0 bridgehead atoms. The van der Waals surface area contributed by atoms with E-state index < -0.39 is 52.9 Å². The van der Waals surface area contributed by atoms with Crippen molar-refractivity contribution < 1.29 is 43.2 Å². The van der Waals surface area contributed by atoms with Crippen LogP contribution in [0.2, 0.25) is 0 Å². The number of carbonyl (C=O) groups is 4.